The van der Waals surface area contributed by atoms with Crippen LogP contribution < -0.4 is 0 Å². The van der Waals surface area contributed by atoms with E-state index in [4.69, 9.17) is 0 Å². The molecular weight excluding hydrogens is 341 g/mol. The van der Waals surface area contributed by atoms with Crippen molar-refractivity contribution in [3.63, 3.8) is 0 Å². The SMILES string of the molecule is O=P1(OC(C(F)(F)F)C(F)(F)F)OCCCCCCCCO1. The fourth-order valence-corrected chi connectivity index (χ4v) is 3.20. The van der Waals surface area contributed by atoms with Crippen LogP contribution in [0.1, 0.15) is 38.5 Å². The van der Waals surface area contributed by atoms with Crippen LogP contribution in [0.2, 0.25) is 0 Å². The Balaban J connectivity index is 2.83. The van der Waals surface area contributed by atoms with E-state index in [-0.39, 0.29) is 13.2 Å². The van der Waals surface area contributed by atoms with E-state index in [0.717, 1.165) is 12.8 Å². The molecule has 132 valence electrons. The molecule has 1 fully saturated rings. The highest BCUT2D eigenvalue weighted by Crippen LogP contribution is 2.55. The minimum Gasteiger partial charge on any atom is -0.287 e. The lowest BCUT2D eigenvalue weighted by molar-refractivity contribution is -0.304. The minimum atomic E-state index is -5.77. The molecule has 1 saturated heterocycles. The molecule has 0 aliphatic carbocycles. The maximum absolute atomic E-state index is 12.5. The van der Waals surface area contributed by atoms with Gasteiger partial charge in [-0.15, -0.1) is 0 Å². The average molecular weight is 358 g/mol. The predicted octanol–water partition coefficient (Wildman–Crippen LogP) is 4.99. The van der Waals surface area contributed by atoms with Gasteiger partial charge in [0.1, 0.15) is 0 Å². The van der Waals surface area contributed by atoms with Crippen LogP contribution >= 0.6 is 7.82 Å². The maximum atomic E-state index is 12.5. The second-order valence-corrected chi connectivity index (χ2v) is 6.43. The monoisotopic (exact) mass is 358 g/mol. The van der Waals surface area contributed by atoms with E-state index in [0.29, 0.717) is 25.7 Å². The lowest BCUT2D eigenvalue weighted by Gasteiger charge is -2.26. The van der Waals surface area contributed by atoms with Gasteiger partial charge in [0.15, 0.2) is 0 Å². The largest absolute Gasteiger partial charge is 0.475 e. The Bertz CT molecular complexity index is 354. The van der Waals surface area contributed by atoms with Crippen molar-refractivity contribution in [1.82, 2.24) is 0 Å². The molecule has 0 aromatic heterocycles. The summed E-state index contributed by atoms with van der Waals surface area (Å²) < 4.78 is 99.7. The zero-order valence-corrected chi connectivity index (χ0v) is 12.5. The molecule has 0 unspecified atom stereocenters. The fraction of sp³-hybridized carbons (Fsp3) is 1.00. The molecule has 0 N–H and O–H groups in total. The van der Waals surface area contributed by atoms with E-state index in [1.807, 2.05) is 0 Å². The van der Waals surface area contributed by atoms with Gasteiger partial charge in [-0.05, 0) is 12.8 Å². The van der Waals surface area contributed by atoms with Crippen molar-refractivity contribution in [2.24, 2.45) is 0 Å². The van der Waals surface area contributed by atoms with Crippen LogP contribution in [0.5, 0.6) is 0 Å². The summed E-state index contributed by atoms with van der Waals surface area (Å²) in [6.45, 7) is -0.584. The topological polar surface area (TPSA) is 44.8 Å². The highest BCUT2D eigenvalue weighted by molar-refractivity contribution is 7.48. The molecule has 11 heteroatoms. The molecule has 1 heterocycles. The number of alkyl halides is 6. The summed E-state index contributed by atoms with van der Waals surface area (Å²) >= 11 is 0. The Labute approximate surface area is 123 Å². The lowest BCUT2D eigenvalue weighted by Crippen LogP contribution is -2.43. The average Bonchev–Trinajstić information content (AvgIpc) is 2.40. The third-order valence-corrected chi connectivity index (χ3v) is 4.33. The Kier molecular flexibility index (Phi) is 7.17. The molecule has 1 aliphatic rings. The molecule has 0 aromatic carbocycles. The Morgan fingerprint density at radius 3 is 1.50 bits per heavy atom. The summed E-state index contributed by atoms with van der Waals surface area (Å²) in [5.41, 5.74) is 0. The minimum absolute atomic E-state index is 0.292. The van der Waals surface area contributed by atoms with E-state index in [1.54, 1.807) is 0 Å². The second-order valence-electron chi connectivity index (χ2n) is 4.80. The first-order valence-electron chi connectivity index (χ1n) is 6.75. The molecule has 4 nitrogen and oxygen atoms in total. The van der Waals surface area contributed by atoms with E-state index >= 15 is 0 Å². The van der Waals surface area contributed by atoms with Crippen LogP contribution in [0.25, 0.3) is 0 Å². The zero-order valence-electron chi connectivity index (χ0n) is 11.6. The highest BCUT2D eigenvalue weighted by Gasteiger charge is 2.61. The summed E-state index contributed by atoms with van der Waals surface area (Å²) in [6.07, 6.45) is -12.0. The normalized spacial score (nSPS) is 22.3. The van der Waals surface area contributed by atoms with Gasteiger partial charge in [0.05, 0.1) is 13.2 Å². The maximum Gasteiger partial charge on any atom is 0.475 e. The van der Waals surface area contributed by atoms with Crippen LogP contribution in [-0.4, -0.2) is 31.7 Å². The second kappa shape index (κ2) is 7.99. The first-order chi connectivity index (χ1) is 10.0. The van der Waals surface area contributed by atoms with Crippen LogP contribution in [0.4, 0.5) is 26.3 Å². The van der Waals surface area contributed by atoms with E-state index in [2.05, 4.69) is 13.6 Å². The van der Waals surface area contributed by atoms with Gasteiger partial charge in [0, 0.05) is 0 Å². The van der Waals surface area contributed by atoms with Gasteiger partial charge in [0.25, 0.3) is 6.10 Å². The number of phosphoric acid groups is 1. The van der Waals surface area contributed by atoms with Gasteiger partial charge < -0.3 is 0 Å². The van der Waals surface area contributed by atoms with Crippen molar-refractivity contribution in [3.8, 4) is 0 Å². The van der Waals surface area contributed by atoms with Crippen molar-refractivity contribution in [2.75, 3.05) is 13.2 Å². The molecule has 1 aliphatic heterocycles. The molecule has 1 rings (SSSR count). The van der Waals surface area contributed by atoms with Gasteiger partial charge in [0.2, 0.25) is 0 Å². The summed E-state index contributed by atoms with van der Waals surface area (Å²) in [7, 11) is -4.94. The summed E-state index contributed by atoms with van der Waals surface area (Å²) in [5, 5.41) is 0. The van der Waals surface area contributed by atoms with E-state index in [9.17, 15) is 30.9 Å². The number of phosphoric ester groups is 1. The van der Waals surface area contributed by atoms with Crippen molar-refractivity contribution in [3.05, 3.63) is 0 Å². The standard InChI is InChI=1S/C11H17F6O4P/c12-10(13,14)9(11(15,16)17)21-22(18)19-7-5-3-1-2-4-6-8-20-22/h9H,1-8H2. The number of hydrogen-bond donors (Lipinski definition) is 0. The zero-order chi connectivity index (χ0) is 16.9. The molecule has 0 atom stereocenters. The summed E-state index contributed by atoms with van der Waals surface area (Å²) in [4.78, 5) is 0. The van der Waals surface area contributed by atoms with Gasteiger partial charge >= 0.3 is 20.2 Å². The Morgan fingerprint density at radius 2 is 1.14 bits per heavy atom. The van der Waals surface area contributed by atoms with Crippen molar-refractivity contribution in [1.29, 1.82) is 0 Å². The quantitative estimate of drug-likeness (QED) is 0.515. The fourth-order valence-electron chi connectivity index (χ4n) is 1.80. The lowest BCUT2D eigenvalue weighted by atomic mass is 10.1. The van der Waals surface area contributed by atoms with Crippen LogP contribution in [0, 0.1) is 0 Å². The third-order valence-electron chi connectivity index (χ3n) is 2.87. The van der Waals surface area contributed by atoms with Gasteiger partial charge in [-0.3, -0.25) is 13.6 Å². The molecule has 0 bridgehead atoms. The van der Waals surface area contributed by atoms with Crippen LogP contribution in [-0.2, 0) is 18.1 Å². The predicted molar refractivity (Wildman–Crippen MR) is 64.2 cm³/mol. The summed E-state index contributed by atoms with van der Waals surface area (Å²) in [6, 6.07) is 0. The van der Waals surface area contributed by atoms with Gasteiger partial charge in [-0.25, -0.2) is 4.57 Å². The smallest absolute Gasteiger partial charge is 0.287 e. The number of halogens is 6. The number of rotatable bonds is 2. The first kappa shape index (κ1) is 19.7. The number of hydrogen-bond acceptors (Lipinski definition) is 4. The molecule has 0 spiro atoms. The van der Waals surface area contributed by atoms with Crippen molar-refractivity contribution < 1.29 is 44.5 Å². The summed E-state index contributed by atoms with van der Waals surface area (Å²) in [5.74, 6) is 0. The van der Waals surface area contributed by atoms with Gasteiger partial charge in [-0.2, -0.15) is 26.3 Å². The van der Waals surface area contributed by atoms with Crippen LogP contribution in [0.3, 0.4) is 0 Å². The Morgan fingerprint density at radius 1 is 0.773 bits per heavy atom. The molecule has 0 aromatic rings. The molecular formula is C11H17F6O4P. The molecule has 0 radical (unpaired) electrons. The van der Waals surface area contributed by atoms with Gasteiger partial charge in [-0.1, -0.05) is 25.7 Å². The first-order valence-corrected chi connectivity index (χ1v) is 8.22. The molecule has 0 amide bonds. The van der Waals surface area contributed by atoms with E-state index < -0.39 is 26.3 Å². The third kappa shape index (κ3) is 6.85. The molecule has 22 heavy (non-hydrogen) atoms. The van der Waals surface area contributed by atoms with Crippen molar-refractivity contribution in [2.45, 2.75) is 57.0 Å². The Hall–Kier alpha value is -0.310. The van der Waals surface area contributed by atoms with Crippen LogP contribution in [0.15, 0.2) is 0 Å². The highest BCUT2D eigenvalue weighted by atomic mass is 31.2. The van der Waals surface area contributed by atoms with Crippen molar-refractivity contribution >= 4 is 7.82 Å². The molecule has 0 saturated carbocycles. The van der Waals surface area contributed by atoms with E-state index in [1.165, 1.54) is 0 Å².